The third kappa shape index (κ3) is 2.79. The van der Waals surface area contributed by atoms with Crippen LogP contribution in [-0.2, 0) is 0 Å². The van der Waals surface area contributed by atoms with E-state index in [2.05, 4.69) is 21.0 Å². The monoisotopic (exact) mass is 345 g/mol. The molecule has 0 amide bonds. The maximum Gasteiger partial charge on any atom is 0.187 e. The molecule has 0 aliphatic carbocycles. The summed E-state index contributed by atoms with van der Waals surface area (Å²) in [4.78, 5) is 25.3. The number of Topliss-reactive ketones (excluding diaryl/α,β-unsaturated/α-hetero) is 1. The second-order valence-electron chi connectivity index (χ2n) is 5.37. The van der Waals surface area contributed by atoms with E-state index in [1.54, 1.807) is 43.2 Å². The molecule has 4 aromatic rings. The van der Waals surface area contributed by atoms with Crippen LogP contribution in [0.2, 0.25) is 0 Å². The smallest absolute Gasteiger partial charge is 0.187 e. The molecule has 7 heteroatoms. The van der Waals surface area contributed by atoms with Gasteiger partial charge in [0, 0.05) is 35.1 Å². The van der Waals surface area contributed by atoms with E-state index in [0.717, 1.165) is 16.8 Å². The van der Waals surface area contributed by atoms with E-state index >= 15 is 0 Å². The fraction of sp³-hybridized carbons (Fsp3) is 0.0556. The highest BCUT2D eigenvalue weighted by Crippen LogP contribution is 2.28. The summed E-state index contributed by atoms with van der Waals surface area (Å²) in [5.41, 5.74) is 2.92. The molecule has 4 rings (SSSR count). The normalized spacial score (nSPS) is 12.0. The molecule has 0 saturated carbocycles. The van der Waals surface area contributed by atoms with Gasteiger partial charge in [0.1, 0.15) is 5.01 Å². The van der Waals surface area contributed by atoms with E-state index in [9.17, 15) is 10.1 Å². The van der Waals surface area contributed by atoms with Crippen molar-refractivity contribution in [1.82, 2.24) is 19.4 Å². The molecule has 0 aliphatic heterocycles. The molecule has 120 valence electrons. The van der Waals surface area contributed by atoms with E-state index in [4.69, 9.17) is 0 Å². The molecule has 0 saturated heterocycles. The minimum atomic E-state index is -0.925. The van der Waals surface area contributed by atoms with Gasteiger partial charge in [0.15, 0.2) is 11.7 Å². The van der Waals surface area contributed by atoms with Gasteiger partial charge in [-0.1, -0.05) is 0 Å². The summed E-state index contributed by atoms with van der Waals surface area (Å²) in [5.74, 6) is -1.19. The second kappa shape index (κ2) is 6.26. The Labute approximate surface area is 147 Å². The summed E-state index contributed by atoms with van der Waals surface area (Å²) in [7, 11) is 0. The molecule has 4 heterocycles. The van der Waals surface area contributed by atoms with Gasteiger partial charge in [-0.2, -0.15) is 5.26 Å². The first-order chi connectivity index (χ1) is 12.3. The lowest BCUT2D eigenvalue weighted by atomic mass is 10.00. The number of rotatable bonds is 4. The molecule has 0 aromatic carbocycles. The molecular formula is C18H11N5OS. The standard InChI is InChI=1S/C18H11N5OS/c19-8-15(17(24)13-3-6-23-11-21-9-14(23)7-13)18-22-16(10-25-18)12-1-4-20-5-2-12/h1-7,9-11,15H/t15-/m0/s1. The van der Waals surface area contributed by atoms with Crippen molar-refractivity contribution in [3.63, 3.8) is 0 Å². The van der Waals surface area contributed by atoms with Gasteiger partial charge in [-0.05, 0) is 24.3 Å². The largest absolute Gasteiger partial charge is 0.306 e. The van der Waals surface area contributed by atoms with Crippen LogP contribution in [-0.4, -0.2) is 25.1 Å². The van der Waals surface area contributed by atoms with E-state index in [-0.39, 0.29) is 5.78 Å². The summed E-state index contributed by atoms with van der Waals surface area (Å²) in [5, 5.41) is 11.9. The van der Waals surface area contributed by atoms with Gasteiger partial charge < -0.3 is 4.40 Å². The molecule has 4 aromatic heterocycles. The molecule has 25 heavy (non-hydrogen) atoms. The summed E-state index contributed by atoms with van der Waals surface area (Å²) in [6.45, 7) is 0. The molecule has 0 spiro atoms. The summed E-state index contributed by atoms with van der Waals surface area (Å²) < 4.78 is 1.81. The van der Waals surface area contributed by atoms with Gasteiger partial charge >= 0.3 is 0 Å². The Morgan fingerprint density at radius 2 is 2.08 bits per heavy atom. The first kappa shape index (κ1) is 15.2. The Bertz CT molecular complexity index is 1090. The maximum absolute atomic E-state index is 12.8. The zero-order valence-electron chi connectivity index (χ0n) is 12.9. The fourth-order valence-corrected chi connectivity index (χ4v) is 3.41. The van der Waals surface area contributed by atoms with Crippen molar-refractivity contribution in [2.75, 3.05) is 0 Å². The predicted octanol–water partition coefficient (Wildman–Crippen LogP) is 3.34. The van der Waals surface area contributed by atoms with Crippen molar-refractivity contribution in [2.24, 2.45) is 0 Å². The van der Waals surface area contributed by atoms with Crippen molar-refractivity contribution >= 4 is 22.6 Å². The zero-order valence-corrected chi connectivity index (χ0v) is 13.7. The van der Waals surface area contributed by atoms with Crippen molar-refractivity contribution in [2.45, 2.75) is 5.92 Å². The van der Waals surface area contributed by atoms with E-state index < -0.39 is 5.92 Å². The summed E-state index contributed by atoms with van der Waals surface area (Å²) in [6, 6.07) is 9.20. The third-order valence-electron chi connectivity index (χ3n) is 3.83. The lowest BCUT2D eigenvalue weighted by Gasteiger charge is -2.06. The quantitative estimate of drug-likeness (QED) is 0.530. The fourth-order valence-electron chi connectivity index (χ4n) is 2.54. The van der Waals surface area contributed by atoms with Crippen molar-refractivity contribution in [3.05, 3.63) is 71.3 Å². The number of carbonyl (C=O) groups excluding carboxylic acids is 1. The van der Waals surface area contributed by atoms with E-state index in [0.29, 0.717) is 10.6 Å². The number of hydrogen-bond acceptors (Lipinski definition) is 6. The Morgan fingerprint density at radius 3 is 2.88 bits per heavy atom. The number of pyridine rings is 2. The average Bonchev–Trinajstić information content (AvgIpc) is 3.32. The topological polar surface area (TPSA) is 83.9 Å². The molecule has 0 bridgehead atoms. The molecular weight excluding hydrogens is 334 g/mol. The van der Waals surface area contributed by atoms with Crippen LogP contribution >= 0.6 is 11.3 Å². The molecule has 6 nitrogen and oxygen atoms in total. The van der Waals surface area contributed by atoms with Gasteiger partial charge in [-0.3, -0.25) is 9.78 Å². The number of imidazole rings is 1. The van der Waals surface area contributed by atoms with Gasteiger partial charge in [0.05, 0.1) is 29.8 Å². The Hall–Kier alpha value is -3.37. The molecule has 0 fully saturated rings. The summed E-state index contributed by atoms with van der Waals surface area (Å²) >= 11 is 1.31. The van der Waals surface area contributed by atoms with Gasteiger partial charge in [-0.15, -0.1) is 11.3 Å². The number of thiazole rings is 1. The van der Waals surface area contributed by atoms with Crippen LogP contribution in [0, 0.1) is 11.3 Å². The van der Waals surface area contributed by atoms with Crippen molar-refractivity contribution in [1.29, 1.82) is 5.26 Å². The average molecular weight is 345 g/mol. The van der Waals surface area contributed by atoms with Crippen molar-refractivity contribution < 1.29 is 4.79 Å². The molecule has 0 aliphatic rings. The third-order valence-corrected chi connectivity index (χ3v) is 4.74. The van der Waals surface area contributed by atoms with E-state index in [1.165, 1.54) is 11.3 Å². The minimum absolute atomic E-state index is 0.262. The van der Waals surface area contributed by atoms with Crippen LogP contribution in [0.3, 0.4) is 0 Å². The number of nitriles is 1. The van der Waals surface area contributed by atoms with Crippen LogP contribution in [0.25, 0.3) is 16.8 Å². The lowest BCUT2D eigenvalue weighted by Crippen LogP contribution is -2.11. The maximum atomic E-state index is 12.8. The van der Waals surface area contributed by atoms with Crippen LogP contribution in [0.5, 0.6) is 0 Å². The van der Waals surface area contributed by atoms with Crippen LogP contribution in [0.1, 0.15) is 21.3 Å². The van der Waals surface area contributed by atoms with Crippen LogP contribution in [0.15, 0.2) is 60.8 Å². The molecule has 0 radical (unpaired) electrons. The first-order valence-electron chi connectivity index (χ1n) is 7.47. The highest BCUT2D eigenvalue weighted by Gasteiger charge is 2.25. The van der Waals surface area contributed by atoms with Crippen LogP contribution < -0.4 is 0 Å². The number of fused-ring (bicyclic) bond motifs is 1. The van der Waals surface area contributed by atoms with Gasteiger partial charge in [0.25, 0.3) is 0 Å². The zero-order chi connectivity index (χ0) is 17.2. The number of nitrogens with zero attached hydrogens (tertiary/aromatic N) is 5. The second-order valence-corrected chi connectivity index (χ2v) is 6.26. The molecule has 1 atom stereocenters. The number of ketones is 1. The highest BCUT2D eigenvalue weighted by molar-refractivity contribution is 7.10. The Balaban J connectivity index is 1.67. The number of hydrogen-bond donors (Lipinski definition) is 0. The van der Waals surface area contributed by atoms with Crippen molar-refractivity contribution in [3.8, 4) is 17.3 Å². The lowest BCUT2D eigenvalue weighted by molar-refractivity contribution is 0.0979. The van der Waals surface area contributed by atoms with Gasteiger partial charge in [-0.25, -0.2) is 9.97 Å². The Morgan fingerprint density at radius 1 is 1.24 bits per heavy atom. The first-order valence-corrected chi connectivity index (χ1v) is 8.35. The molecule has 0 N–H and O–H groups in total. The number of carbonyl (C=O) groups is 1. The van der Waals surface area contributed by atoms with Crippen LogP contribution in [0.4, 0.5) is 0 Å². The minimum Gasteiger partial charge on any atom is -0.306 e. The summed E-state index contributed by atoms with van der Waals surface area (Å²) in [6.07, 6.45) is 8.45. The molecule has 0 unspecified atom stereocenters. The Kier molecular flexibility index (Phi) is 3.80. The predicted molar refractivity (Wildman–Crippen MR) is 93.2 cm³/mol. The SMILES string of the molecule is N#C[C@@H](C(=O)c1ccn2cncc2c1)c1nc(-c2ccncc2)cs1. The number of aromatic nitrogens is 4. The van der Waals surface area contributed by atoms with E-state index in [1.807, 2.05) is 21.9 Å². The highest BCUT2D eigenvalue weighted by atomic mass is 32.1. The van der Waals surface area contributed by atoms with Gasteiger partial charge in [0.2, 0.25) is 0 Å².